The Hall–Kier alpha value is -1.98. The zero-order chi connectivity index (χ0) is 15.9. The maximum Gasteiger partial charge on any atom is 0.287 e. The van der Waals surface area contributed by atoms with Crippen molar-refractivity contribution in [2.45, 2.75) is 6.42 Å². The minimum absolute atomic E-state index is 0.155. The number of nitrogens with one attached hydrogen (secondary N) is 2. The molecule has 116 valence electrons. The van der Waals surface area contributed by atoms with E-state index in [0.29, 0.717) is 28.7 Å². The first-order valence-corrected chi connectivity index (χ1v) is 7.34. The van der Waals surface area contributed by atoms with Gasteiger partial charge in [0, 0.05) is 23.1 Å². The van der Waals surface area contributed by atoms with E-state index in [2.05, 4.69) is 10.6 Å². The summed E-state index contributed by atoms with van der Waals surface area (Å²) in [6, 6.07) is 8.18. The second-order valence-electron chi connectivity index (χ2n) is 4.50. The van der Waals surface area contributed by atoms with E-state index in [9.17, 15) is 9.59 Å². The van der Waals surface area contributed by atoms with Crippen LogP contribution in [-0.2, 0) is 11.2 Å². The number of amides is 2. The van der Waals surface area contributed by atoms with Gasteiger partial charge in [0.05, 0.1) is 12.7 Å². The predicted molar refractivity (Wildman–Crippen MR) is 84.2 cm³/mol. The van der Waals surface area contributed by atoms with Gasteiger partial charge in [-0.1, -0.05) is 29.3 Å². The standard InChI is InChI=1S/C15H14Cl2N2O3/c16-11-4-3-10(12(17)9-11)8-14(20)18-5-6-19-15(21)13-2-1-7-22-13/h1-4,7,9H,5-6,8H2,(H,18,20)(H,19,21). The number of halogens is 2. The molecule has 2 rings (SSSR count). The predicted octanol–water partition coefficient (Wildman–Crippen LogP) is 2.68. The Morgan fingerprint density at radius 3 is 2.55 bits per heavy atom. The molecule has 0 aliphatic carbocycles. The van der Waals surface area contributed by atoms with Crippen LogP contribution in [0.1, 0.15) is 16.1 Å². The molecule has 0 radical (unpaired) electrons. The van der Waals surface area contributed by atoms with Gasteiger partial charge in [0.15, 0.2) is 5.76 Å². The molecule has 0 spiro atoms. The lowest BCUT2D eigenvalue weighted by Gasteiger charge is -2.07. The average molecular weight is 341 g/mol. The number of hydrogen-bond donors (Lipinski definition) is 2. The average Bonchev–Trinajstić information content (AvgIpc) is 3.01. The molecule has 0 saturated carbocycles. The van der Waals surface area contributed by atoms with Gasteiger partial charge in [-0.05, 0) is 29.8 Å². The Morgan fingerprint density at radius 2 is 1.86 bits per heavy atom. The molecule has 0 fully saturated rings. The molecule has 7 heteroatoms. The number of benzene rings is 1. The number of carbonyl (C=O) groups excluding carboxylic acids is 2. The van der Waals surface area contributed by atoms with Crippen molar-refractivity contribution in [2.24, 2.45) is 0 Å². The highest BCUT2D eigenvalue weighted by Crippen LogP contribution is 2.21. The fraction of sp³-hybridized carbons (Fsp3) is 0.200. The van der Waals surface area contributed by atoms with Crippen LogP contribution in [0.25, 0.3) is 0 Å². The van der Waals surface area contributed by atoms with E-state index in [1.165, 1.54) is 6.26 Å². The number of hydrogen-bond acceptors (Lipinski definition) is 3. The molecule has 0 saturated heterocycles. The lowest BCUT2D eigenvalue weighted by molar-refractivity contribution is -0.120. The molecule has 0 aliphatic rings. The molecule has 0 bridgehead atoms. The van der Waals surface area contributed by atoms with E-state index in [0.717, 1.165) is 0 Å². The summed E-state index contributed by atoms with van der Waals surface area (Å²) in [7, 11) is 0. The van der Waals surface area contributed by atoms with E-state index in [1.807, 2.05) is 0 Å². The summed E-state index contributed by atoms with van der Waals surface area (Å²) in [4.78, 5) is 23.4. The van der Waals surface area contributed by atoms with E-state index >= 15 is 0 Å². The van der Waals surface area contributed by atoms with Crippen molar-refractivity contribution < 1.29 is 14.0 Å². The van der Waals surface area contributed by atoms with Crippen molar-refractivity contribution >= 4 is 35.0 Å². The van der Waals surface area contributed by atoms with Crippen LogP contribution in [0.2, 0.25) is 10.0 Å². The molecular formula is C15H14Cl2N2O3. The first-order valence-electron chi connectivity index (χ1n) is 6.58. The van der Waals surface area contributed by atoms with Crippen molar-refractivity contribution in [1.82, 2.24) is 10.6 Å². The van der Waals surface area contributed by atoms with Crippen LogP contribution >= 0.6 is 23.2 Å². The Kier molecular flexibility index (Phi) is 5.86. The SMILES string of the molecule is O=C(Cc1ccc(Cl)cc1Cl)NCCNC(=O)c1ccco1. The Bertz CT molecular complexity index is 657. The Balaban J connectivity index is 1.71. The summed E-state index contributed by atoms with van der Waals surface area (Å²) in [6.07, 6.45) is 1.58. The number of carbonyl (C=O) groups is 2. The molecule has 1 aromatic heterocycles. The number of rotatable bonds is 6. The van der Waals surface area contributed by atoms with E-state index in [-0.39, 0.29) is 24.0 Å². The van der Waals surface area contributed by atoms with Crippen LogP contribution in [0.3, 0.4) is 0 Å². The fourth-order valence-electron chi connectivity index (χ4n) is 1.77. The van der Waals surface area contributed by atoms with Crippen molar-refractivity contribution in [2.75, 3.05) is 13.1 Å². The van der Waals surface area contributed by atoms with E-state index in [4.69, 9.17) is 27.6 Å². The smallest absolute Gasteiger partial charge is 0.287 e. The second-order valence-corrected chi connectivity index (χ2v) is 5.34. The van der Waals surface area contributed by atoms with Gasteiger partial charge in [-0.15, -0.1) is 0 Å². The normalized spacial score (nSPS) is 10.3. The maximum absolute atomic E-state index is 11.8. The summed E-state index contributed by atoms with van der Waals surface area (Å²) in [6.45, 7) is 0.621. The Labute approximate surface area is 137 Å². The summed E-state index contributed by atoms with van der Waals surface area (Å²) < 4.78 is 4.95. The van der Waals surface area contributed by atoms with Crippen molar-refractivity contribution in [1.29, 1.82) is 0 Å². The molecule has 0 unspecified atom stereocenters. The largest absolute Gasteiger partial charge is 0.459 e. The minimum atomic E-state index is -0.319. The molecule has 2 aromatic rings. The third-order valence-electron chi connectivity index (χ3n) is 2.84. The highest BCUT2D eigenvalue weighted by atomic mass is 35.5. The first-order chi connectivity index (χ1) is 10.6. The van der Waals surface area contributed by atoms with Crippen molar-refractivity contribution in [3.63, 3.8) is 0 Å². The van der Waals surface area contributed by atoms with Gasteiger partial charge in [0.25, 0.3) is 5.91 Å². The molecular weight excluding hydrogens is 327 g/mol. The van der Waals surface area contributed by atoms with Gasteiger partial charge >= 0.3 is 0 Å². The number of furan rings is 1. The highest BCUT2D eigenvalue weighted by Gasteiger charge is 2.09. The monoisotopic (exact) mass is 340 g/mol. The lowest BCUT2D eigenvalue weighted by Crippen LogP contribution is -2.35. The third-order valence-corrected chi connectivity index (χ3v) is 3.43. The van der Waals surface area contributed by atoms with Crippen LogP contribution < -0.4 is 10.6 Å². The maximum atomic E-state index is 11.8. The topological polar surface area (TPSA) is 71.3 Å². The molecule has 0 atom stereocenters. The van der Waals surface area contributed by atoms with Gasteiger partial charge < -0.3 is 15.1 Å². The quantitative estimate of drug-likeness (QED) is 0.794. The zero-order valence-electron chi connectivity index (χ0n) is 11.6. The van der Waals surface area contributed by atoms with Crippen LogP contribution in [0, 0.1) is 0 Å². The molecule has 0 aliphatic heterocycles. The van der Waals surface area contributed by atoms with Crippen LogP contribution in [0.15, 0.2) is 41.0 Å². The highest BCUT2D eigenvalue weighted by molar-refractivity contribution is 6.35. The fourth-order valence-corrected chi connectivity index (χ4v) is 2.25. The summed E-state index contributed by atoms with van der Waals surface area (Å²) in [5.41, 5.74) is 0.697. The van der Waals surface area contributed by atoms with Crippen molar-refractivity contribution in [3.8, 4) is 0 Å². The second kappa shape index (κ2) is 7.87. The van der Waals surface area contributed by atoms with E-state index < -0.39 is 0 Å². The van der Waals surface area contributed by atoms with Crippen LogP contribution in [0.5, 0.6) is 0 Å². The molecule has 2 N–H and O–H groups in total. The Morgan fingerprint density at radius 1 is 1.09 bits per heavy atom. The van der Waals surface area contributed by atoms with Gasteiger partial charge in [-0.25, -0.2) is 0 Å². The van der Waals surface area contributed by atoms with E-state index in [1.54, 1.807) is 30.3 Å². The molecule has 22 heavy (non-hydrogen) atoms. The van der Waals surface area contributed by atoms with Gasteiger partial charge in [0.1, 0.15) is 0 Å². The summed E-state index contributed by atoms with van der Waals surface area (Å²) >= 11 is 11.8. The van der Waals surface area contributed by atoms with Crippen molar-refractivity contribution in [3.05, 3.63) is 58.0 Å². The van der Waals surface area contributed by atoms with Crippen LogP contribution in [0.4, 0.5) is 0 Å². The molecule has 1 aromatic carbocycles. The minimum Gasteiger partial charge on any atom is -0.459 e. The van der Waals surface area contributed by atoms with Crippen LogP contribution in [-0.4, -0.2) is 24.9 Å². The van der Waals surface area contributed by atoms with Gasteiger partial charge in [-0.3, -0.25) is 9.59 Å². The molecule has 1 heterocycles. The van der Waals surface area contributed by atoms with Gasteiger partial charge in [0.2, 0.25) is 5.91 Å². The molecule has 2 amide bonds. The first kappa shape index (κ1) is 16.4. The molecule has 5 nitrogen and oxygen atoms in total. The summed E-state index contributed by atoms with van der Waals surface area (Å²) in [5, 5.41) is 6.31. The zero-order valence-corrected chi connectivity index (χ0v) is 13.1. The van der Waals surface area contributed by atoms with Gasteiger partial charge in [-0.2, -0.15) is 0 Å². The lowest BCUT2D eigenvalue weighted by atomic mass is 10.1. The third kappa shape index (κ3) is 4.79. The summed E-state index contributed by atoms with van der Waals surface area (Å²) in [5.74, 6) is -0.268.